The number of hydrazine groups is 1. The third kappa shape index (κ3) is 3.23. The molecule has 0 aliphatic heterocycles. The van der Waals surface area contributed by atoms with Gasteiger partial charge >= 0.3 is 0 Å². The zero-order valence-corrected chi connectivity index (χ0v) is 9.93. The van der Waals surface area contributed by atoms with E-state index in [4.69, 9.17) is 17.4 Å². The maximum Gasteiger partial charge on any atom is 0.0772 e. The molecule has 3 N–H and O–H groups in total. The third-order valence-corrected chi connectivity index (χ3v) is 2.71. The highest BCUT2D eigenvalue weighted by Crippen LogP contribution is 2.17. The number of benzene rings is 1. The van der Waals surface area contributed by atoms with Gasteiger partial charge in [0.1, 0.15) is 0 Å². The maximum atomic E-state index is 5.94. The highest BCUT2D eigenvalue weighted by molar-refractivity contribution is 6.30. The van der Waals surface area contributed by atoms with Gasteiger partial charge in [0.2, 0.25) is 0 Å². The summed E-state index contributed by atoms with van der Waals surface area (Å²) in [5, 5.41) is 0.720. The molecule has 5 heteroatoms. The van der Waals surface area contributed by atoms with Crippen molar-refractivity contribution in [3.05, 3.63) is 59.1 Å². The minimum atomic E-state index is -0.0674. The Morgan fingerprint density at radius 3 is 2.88 bits per heavy atom. The van der Waals surface area contributed by atoms with E-state index in [1.165, 1.54) is 0 Å². The second kappa shape index (κ2) is 5.72. The largest absolute Gasteiger partial charge is 0.271 e. The van der Waals surface area contributed by atoms with Gasteiger partial charge in [-0.15, -0.1) is 0 Å². The van der Waals surface area contributed by atoms with E-state index in [1.807, 2.05) is 24.3 Å². The van der Waals surface area contributed by atoms with Gasteiger partial charge in [-0.25, -0.2) is 0 Å². The van der Waals surface area contributed by atoms with Crippen LogP contribution in [0.2, 0.25) is 5.02 Å². The molecule has 0 fully saturated rings. The van der Waals surface area contributed by atoms with Crippen molar-refractivity contribution >= 4 is 11.6 Å². The van der Waals surface area contributed by atoms with Gasteiger partial charge in [0.25, 0.3) is 0 Å². The third-order valence-electron chi connectivity index (χ3n) is 2.47. The molecule has 0 aliphatic rings. The van der Waals surface area contributed by atoms with Crippen LogP contribution in [0.15, 0.2) is 42.9 Å². The summed E-state index contributed by atoms with van der Waals surface area (Å²) in [4.78, 5) is 8.26. The minimum absolute atomic E-state index is 0.0674. The van der Waals surface area contributed by atoms with Crippen LogP contribution < -0.4 is 11.3 Å². The van der Waals surface area contributed by atoms with Gasteiger partial charge in [0, 0.05) is 17.4 Å². The fourth-order valence-corrected chi connectivity index (χ4v) is 1.85. The first kappa shape index (κ1) is 12.0. The Morgan fingerprint density at radius 2 is 2.24 bits per heavy atom. The molecule has 0 aliphatic carbocycles. The van der Waals surface area contributed by atoms with Crippen LogP contribution >= 0.6 is 11.6 Å². The molecule has 4 nitrogen and oxygen atoms in total. The van der Waals surface area contributed by atoms with E-state index >= 15 is 0 Å². The predicted octanol–water partition coefficient (Wildman–Crippen LogP) is 1.88. The second-order valence-corrected chi connectivity index (χ2v) is 4.12. The van der Waals surface area contributed by atoms with E-state index in [1.54, 1.807) is 18.6 Å². The molecule has 1 heterocycles. The molecule has 88 valence electrons. The molecule has 0 spiro atoms. The Morgan fingerprint density at radius 1 is 1.35 bits per heavy atom. The summed E-state index contributed by atoms with van der Waals surface area (Å²) in [6, 6.07) is 7.62. The molecule has 2 rings (SSSR count). The van der Waals surface area contributed by atoms with E-state index in [9.17, 15) is 0 Å². The zero-order valence-electron chi connectivity index (χ0n) is 9.18. The highest BCUT2D eigenvalue weighted by Gasteiger charge is 2.11. The number of halogens is 1. The molecule has 17 heavy (non-hydrogen) atoms. The number of hydrogen-bond acceptors (Lipinski definition) is 4. The van der Waals surface area contributed by atoms with E-state index in [0.717, 1.165) is 22.7 Å². The molecular weight excluding hydrogens is 236 g/mol. The number of rotatable bonds is 4. The lowest BCUT2D eigenvalue weighted by Gasteiger charge is -2.14. The van der Waals surface area contributed by atoms with Crippen molar-refractivity contribution in [3.63, 3.8) is 0 Å². The summed E-state index contributed by atoms with van der Waals surface area (Å²) < 4.78 is 0. The lowest BCUT2D eigenvalue weighted by Crippen LogP contribution is -2.30. The Balaban J connectivity index is 2.16. The molecule has 0 amide bonds. The van der Waals surface area contributed by atoms with Crippen LogP contribution in [0.3, 0.4) is 0 Å². The van der Waals surface area contributed by atoms with Gasteiger partial charge in [-0.3, -0.25) is 21.2 Å². The van der Waals surface area contributed by atoms with Gasteiger partial charge in [-0.1, -0.05) is 23.7 Å². The maximum absolute atomic E-state index is 5.94. The average Bonchev–Trinajstić information content (AvgIpc) is 2.37. The average molecular weight is 249 g/mol. The molecule has 0 radical (unpaired) electrons. The van der Waals surface area contributed by atoms with E-state index in [-0.39, 0.29) is 6.04 Å². The van der Waals surface area contributed by atoms with Gasteiger partial charge in [0.05, 0.1) is 17.9 Å². The van der Waals surface area contributed by atoms with Crippen molar-refractivity contribution in [2.45, 2.75) is 12.5 Å². The quantitative estimate of drug-likeness (QED) is 0.641. The Kier molecular flexibility index (Phi) is 4.03. The first-order valence-corrected chi connectivity index (χ1v) is 5.64. The molecule has 0 saturated heterocycles. The smallest absolute Gasteiger partial charge is 0.0772 e. The summed E-state index contributed by atoms with van der Waals surface area (Å²) in [6.45, 7) is 0. The highest BCUT2D eigenvalue weighted by atomic mass is 35.5. The van der Waals surface area contributed by atoms with Crippen molar-refractivity contribution in [3.8, 4) is 0 Å². The van der Waals surface area contributed by atoms with Crippen LogP contribution in [0, 0.1) is 0 Å². The summed E-state index contributed by atoms with van der Waals surface area (Å²) in [7, 11) is 0. The number of aromatic nitrogens is 2. The first-order valence-electron chi connectivity index (χ1n) is 5.26. The second-order valence-electron chi connectivity index (χ2n) is 3.68. The van der Waals surface area contributed by atoms with Crippen LogP contribution in [0.5, 0.6) is 0 Å². The van der Waals surface area contributed by atoms with Gasteiger partial charge in [-0.05, 0) is 24.1 Å². The van der Waals surface area contributed by atoms with Gasteiger partial charge in [-0.2, -0.15) is 0 Å². The molecule has 1 atom stereocenters. The molecule has 1 aromatic heterocycles. The number of nitrogens with one attached hydrogen (secondary N) is 1. The standard InChI is InChI=1S/C12H13ClN4/c13-10-3-1-2-9(6-10)7-11(17-14)12-8-15-4-5-16-12/h1-6,8,11,17H,7,14H2. The zero-order chi connectivity index (χ0) is 12.1. The van der Waals surface area contributed by atoms with E-state index < -0.39 is 0 Å². The normalized spacial score (nSPS) is 12.4. The summed E-state index contributed by atoms with van der Waals surface area (Å²) in [6.07, 6.45) is 5.71. The lowest BCUT2D eigenvalue weighted by atomic mass is 10.0. The predicted molar refractivity (Wildman–Crippen MR) is 67.3 cm³/mol. The van der Waals surface area contributed by atoms with Crippen molar-refractivity contribution in [1.82, 2.24) is 15.4 Å². The van der Waals surface area contributed by atoms with Crippen LogP contribution in [0.1, 0.15) is 17.3 Å². The van der Waals surface area contributed by atoms with Crippen LogP contribution in [0.25, 0.3) is 0 Å². The topological polar surface area (TPSA) is 63.8 Å². The number of hydrogen-bond donors (Lipinski definition) is 2. The van der Waals surface area contributed by atoms with E-state index in [0.29, 0.717) is 0 Å². The Hall–Kier alpha value is -1.49. The molecular formula is C12H13ClN4. The number of nitrogens with zero attached hydrogens (tertiary/aromatic N) is 2. The molecule has 2 aromatic rings. The fourth-order valence-electron chi connectivity index (χ4n) is 1.64. The molecule has 1 aromatic carbocycles. The fraction of sp³-hybridized carbons (Fsp3) is 0.167. The lowest BCUT2D eigenvalue weighted by molar-refractivity contribution is 0.536. The van der Waals surface area contributed by atoms with Gasteiger partial charge < -0.3 is 0 Å². The molecule has 1 unspecified atom stereocenters. The van der Waals surface area contributed by atoms with Crippen LogP contribution in [0.4, 0.5) is 0 Å². The van der Waals surface area contributed by atoms with Crippen molar-refractivity contribution in [2.24, 2.45) is 5.84 Å². The number of nitrogens with two attached hydrogens (primary N) is 1. The van der Waals surface area contributed by atoms with Crippen molar-refractivity contribution in [2.75, 3.05) is 0 Å². The summed E-state index contributed by atoms with van der Waals surface area (Å²) in [5.74, 6) is 5.54. The van der Waals surface area contributed by atoms with Crippen molar-refractivity contribution < 1.29 is 0 Å². The van der Waals surface area contributed by atoms with Crippen molar-refractivity contribution in [1.29, 1.82) is 0 Å². The summed E-state index contributed by atoms with van der Waals surface area (Å²) >= 11 is 5.94. The minimum Gasteiger partial charge on any atom is -0.271 e. The molecule has 0 saturated carbocycles. The SMILES string of the molecule is NNC(Cc1cccc(Cl)c1)c1cnccn1. The molecule has 0 bridgehead atoms. The van der Waals surface area contributed by atoms with Crippen LogP contribution in [-0.2, 0) is 6.42 Å². The van der Waals surface area contributed by atoms with E-state index in [2.05, 4.69) is 15.4 Å². The summed E-state index contributed by atoms with van der Waals surface area (Å²) in [5.41, 5.74) is 4.66. The Bertz CT molecular complexity index is 475. The first-order chi connectivity index (χ1) is 8.29. The van der Waals surface area contributed by atoms with Gasteiger partial charge in [0.15, 0.2) is 0 Å². The monoisotopic (exact) mass is 248 g/mol. The Labute approximate surface area is 105 Å². The van der Waals surface area contributed by atoms with Crippen LogP contribution in [-0.4, -0.2) is 9.97 Å².